The number of hydrogen-bond donors (Lipinski definition) is 1. The maximum absolute atomic E-state index is 12.8. The lowest BCUT2D eigenvalue weighted by molar-refractivity contribution is -0.132. The van der Waals surface area contributed by atoms with Gasteiger partial charge in [0.25, 0.3) is 0 Å². The van der Waals surface area contributed by atoms with Crippen molar-refractivity contribution >= 4 is 29.5 Å². The van der Waals surface area contributed by atoms with E-state index >= 15 is 0 Å². The van der Waals surface area contributed by atoms with E-state index in [0.29, 0.717) is 17.7 Å². The van der Waals surface area contributed by atoms with Crippen LogP contribution in [0.15, 0.2) is 41.8 Å². The number of hydrogen-bond acceptors (Lipinski definition) is 4. The van der Waals surface area contributed by atoms with Crippen LogP contribution in [0.5, 0.6) is 0 Å². The molecule has 0 spiro atoms. The van der Waals surface area contributed by atoms with Crippen LogP contribution in [-0.4, -0.2) is 32.6 Å². The number of fused-ring (bicyclic) bond motifs is 1. The number of rotatable bonds is 5. The molecule has 7 heteroatoms. The van der Waals surface area contributed by atoms with Crippen molar-refractivity contribution in [3.05, 3.63) is 57.7 Å². The molecule has 2 heterocycles. The Hall–Kier alpha value is -2.25. The fourth-order valence-electron chi connectivity index (χ4n) is 3.61. The van der Waals surface area contributed by atoms with Crippen LogP contribution in [0, 0.1) is 4.77 Å². The van der Waals surface area contributed by atoms with Crippen LogP contribution in [0.3, 0.4) is 0 Å². The molecule has 134 valence electrons. The number of thiophene rings is 1. The second-order valence-corrected chi connectivity index (χ2v) is 7.82. The lowest BCUT2D eigenvalue weighted by atomic mass is 10.1. The minimum atomic E-state index is 0.131. The molecule has 26 heavy (non-hydrogen) atoms. The Morgan fingerprint density at radius 1 is 1.38 bits per heavy atom. The van der Waals surface area contributed by atoms with Crippen LogP contribution in [0.4, 0.5) is 0 Å². The molecule has 0 fully saturated rings. The summed E-state index contributed by atoms with van der Waals surface area (Å²) in [5.74, 6) is 0.929. The van der Waals surface area contributed by atoms with Gasteiger partial charge in [-0.1, -0.05) is 30.3 Å². The molecule has 1 unspecified atom stereocenters. The Morgan fingerprint density at radius 2 is 2.23 bits per heavy atom. The molecule has 1 aliphatic rings. The molecule has 0 radical (unpaired) electrons. The van der Waals surface area contributed by atoms with Crippen LogP contribution < -0.4 is 0 Å². The largest absolute Gasteiger partial charge is 0.339 e. The van der Waals surface area contributed by atoms with Crippen molar-refractivity contribution in [2.75, 3.05) is 7.05 Å². The molecule has 1 atom stereocenters. The summed E-state index contributed by atoms with van der Waals surface area (Å²) in [5, 5.41) is 9.17. The van der Waals surface area contributed by atoms with E-state index in [2.05, 4.69) is 28.4 Å². The maximum atomic E-state index is 12.8. The fraction of sp³-hybridized carbons (Fsp3) is 0.316. The predicted molar refractivity (Wildman–Crippen MR) is 106 cm³/mol. The molecule has 3 aromatic rings. The van der Waals surface area contributed by atoms with Crippen molar-refractivity contribution in [3.8, 4) is 10.7 Å². The van der Waals surface area contributed by atoms with Gasteiger partial charge in [-0.05, 0) is 47.6 Å². The molecule has 0 saturated heterocycles. The van der Waals surface area contributed by atoms with Gasteiger partial charge >= 0.3 is 0 Å². The van der Waals surface area contributed by atoms with Gasteiger partial charge in [-0.25, -0.2) is 0 Å². The fourth-order valence-corrected chi connectivity index (χ4v) is 4.56. The first-order chi connectivity index (χ1) is 12.6. The second-order valence-electron chi connectivity index (χ2n) is 6.49. The Balaban J connectivity index is 1.47. The average Bonchev–Trinajstić information content (AvgIpc) is 3.38. The van der Waals surface area contributed by atoms with Crippen LogP contribution in [0.25, 0.3) is 10.7 Å². The number of aromatic nitrogens is 3. The number of nitrogens with one attached hydrogen (secondary N) is 1. The first-order valence-corrected chi connectivity index (χ1v) is 9.96. The summed E-state index contributed by atoms with van der Waals surface area (Å²) < 4.78 is 2.46. The highest BCUT2D eigenvalue weighted by Crippen LogP contribution is 2.35. The summed E-state index contributed by atoms with van der Waals surface area (Å²) in [4.78, 5) is 15.7. The molecule has 1 N–H and O–H groups in total. The van der Waals surface area contributed by atoms with Crippen molar-refractivity contribution in [2.24, 2.45) is 0 Å². The summed E-state index contributed by atoms with van der Waals surface area (Å²) in [6.45, 7) is 0.528. The highest BCUT2D eigenvalue weighted by atomic mass is 32.1. The lowest BCUT2D eigenvalue weighted by Crippen LogP contribution is -2.30. The molecular weight excluding hydrogens is 364 g/mol. The van der Waals surface area contributed by atoms with Gasteiger partial charge in [0.2, 0.25) is 5.91 Å². The Morgan fingerprint density at radius 3 is 3.04 bits per heavy atom. The summed E-state index contributed by atoms with van der Waals surface area (Å²) >= 11 is 6.96. The van der Waals surface area contributed by atoms with Gasteiger partial charge in [0, 0.05) is 20.0 Å². The molecule has 4 rings (SSSR count). The number of H-pyrrole nitrogens is 1. The molecule has 1 aromatic carbocycles. The van der Waals surface area contributed by atoms with Crippen LogP contribution in [0.1, 0.15) is 30.0 Å². The number of amides is 1. The standard InChI is InChI=1S/C19H20N4OS2/c1-22(15-9-8-13-5-2-3-6-14(13)15)17(24)10-11-23-18(20-21-19(23)25)16-7-4-12-26-16/h2-7,12,15H,8-11H2,1H3,(H,21,25). The first-order valence-electron chi connectivity index (χ1n) is 8.67. The van der Waals surface area contributed by atoms with Crippen molar-refractivity contribution in [2.45, 2.75) is 31.8 Å². The molecule has 1 amide bonds. The average molecular weight is 385 g/mol. The quantitative estimate of drug-likeness (QED) is 0.671. The van der Waals surface area contributed by atoms with Gasteiger partial charge in [0.15, 0.2) is 10.6 Å². The van der Waals surface area contributed by atoms with E-state index < -0.39 is 0 Å². The van der Waals surface area contributed by atoms with Crippen molar-refractivity contribution in [3.63, 3.8) is 0 Å². The van der Waals surface area contributed by atoms with Gasteiger partial charge in [-0.15, -0.1) is 11.3 Å². The van der Waals surface area contributed by atoms with Gasteiger partial charge < -0.3 is 4.90 Å². The first kappa shape index (κ1) is 17.2. The van der Waals surface area contributed by atoms with E-state index in [0.717, 1.165) is 23.5 Å². The summed E-state index contributed by atoms with van der Waals surface area (Å²) in [5.41, 5.74) is 2.64. The minimum absolute atomic E-state index is 0.131. The zero-order chi connectivity index (χ0) is 18.1. The molecule has 1 aliphatic carbocycles. The zero-order valence-corrected chi connectivity index (χ0v) is 16.1. The molecule has 0 bridgehead atoms. The summed E-state index contributed by atoms with van der Waals surface area (Å²) in [6, 6.07) is 12.6. The summed E-state index contributed by atoms with van der Waals surface area (Å²) in [7, 11) is 1.91. The number of aromatic amines is 1. The van der Waals surface area contributed by atoms with E-state index in [1.54, 1.807) is 11.3 Å². The number of aryl methyl sites for hydroxylation is 1. The smallest absolute Gasteiger partial charge is 0.224 e. The summed E-state index contributed by atoms with van der Waals surface area (Å²) in [6.07, 6.45) is 2.43. The van der Waals surface area contributed by atoms with E-state index in [9.17, 15) is 4.79 Å². The van der Waals surface area contributed by atoms with Gasteiger partial charge in [-0.2, -0.15) is 5.10 Å². The normalized spacial score (nSPS) is 15.8. The van der Waals surface area contributed by atoms with E-state index in [1.807, 2.05) is 40.1 Å². The second kappa shape index (κ2) is 7.17. The lowest BCUT2D eigenvalue weighted by Gasteiger charge is -2.25. The molecule has 0 saturated carbocycles. The highest BCUT2D eigenvalue weighted by Gasteiger charge is 2.28. The Labute approximate surface area is 161 Å². The topological polar surface area (TPSA) is 53.9 Å². The SMILES string of the molecule is CN(C(=O)CCn1c(-c2cccs2)n[nH]c1=S)C1CCc2ccccc21. The third kappa shape index (κ3) is 3.12. The van der Waals surface area contributed by atoms with Crippen molar-refractivity contribution < 1.29 is 4.79 Å². The van der Waals surface area contributed by atoms with Crippen LogP contribution >= 0.6 is 23.6 Å². The van der Waals surface area contributed by atoms with Gasteiger partial charge in [0.05, 0.1) is 10.9 Å². The van der Waals surface area contributed by atoms with E-state index in [1.165, 1.54) is 11.1 Å². The number of carbonyl (C=O) groups is 1. The highest BCUT2D eigenvalue weighted by molar-refractivity contribution is 7.71. The molecule has 0 aliphatic heterocycles. The van der Waals surface area contributed by atoms with E-state index in [4.69, 9.17) is 12.2 Å². The third-order valence-corrected chi connectivity index (χ3v) is 6.19. The van der Waals surface area contributed by atoms with Crippen molar-refractivity contribution in [1.82, 2.24) is 19.7 Å². The molecule has 2 aromatic heterocycles. The van der Waals surface area contributed by atoms with Gasteiger partial charge in [0.1, 0.15) is 0 Å². The van der Waals surface area contributed by atoms with Crippen LogP contribution in [-0.2, 0) is 17.8 Å². The van der Waals surface area contributed by atoms with Crippen molar-refractivity contribution in [1.29, 1.82) is 0 Å². The van der Waals surface area contributed by atoms with E-state index in [-0.39, 0.29) is 11.9 Å². The molecular formula is C19H20N4OS2. The monoisotopic (exact) mass is 384 g/mol. The molecule has 5 nitrogen and oxygen atoms in total. The predicted octanol–water partition coefficient (Wildman–Crippen LogP) is 4.21. The Kier molecular flexibility index (Phi) is 4.74. The van der Waals surface area contributed by atoms with Crippen LogP contribution in [0.2, 0.25) is 0 Å². The number of nitrogens with zero attached hydrogens (tertiary/aromatic N) is 3. The third-order valence-electron chi connectivity index (χ3n) is 5.01. The zero-order valence-electron chi connectivity index (χ0n) is 14.5. The minimum Gasteiger partial charge on any atom is -0.339 e. The number of carbonyl (C=O) groups excluding carboxylic acids is 1. The number of benzene rings is 1. The van der Waals surface area contributed by atoms with Gasteiger partial charge in [-0.3, -0.25) is 14.5 Å². The maximum Gasteiger partial charge on any atom is 0.224 e. The Bertz CT molecular complexity index is 974.